The maximum atomic E-state index is 12.9. The summed E-state index contributed by atoms with van der Waals surface area (Å²) in [5.41, 5.74) is 9.96. The van der Waals surface area contributed by atoms with Gasteiger partial charge < -0.3 is 25.3 Å². The highest BCUT2D eigenvalue weighted by molar-refractivity contribution is 7.18. The zero-order chi connectivity index (χ0) is 21.4. The number of fused-ring (bicyclic) bond motifs is 1. The van der Waals surface area contributed by atoms with Gasteiger partial charge in [0.25, 0.3) is 5.56 Å². The topological polar surface area (TPSA) is 98.3 Å². The van der Waals surface area contributed by atoms with E-state index in [2.05, 4.69) is 20.2 Å². The Bertz CT molecular complexity index is 1290. The Kier molecular flexibility index (Phi) is 5.05. The van der Waals surface area contributed by atoms with Crippen molar-refractivity contribution in [2.24, 2.45) is 7.05 Å². The van der Waals surface area contributed by atoms with Gasteiger partial charge in [-0.15, -0.1) is 0 Å². The molecular formula is C22H22N6O2S. The second-order valence-corrected chi connectivity index (χ2v) is 8.42. The number of rotatable bonds is 4. The molecule has 1 fully saturated rings. The number of aryl methyl sites for hydroxylation is 1. The normalized spacial score (nSPS) is 14.2. The lowest BCUT2D eigenvalue weighted by Gasteiger charge is -2.28. The van der Waals surface area contributed by atoms with Gasteiger partial charge in [0.1, 0.15) is 0 Å². The Labute approximate surface area is 182 Å². The molecule has 4 aromatic rings. The van der Waals surface area contributed by atoms with Gasteiger partial charge in [-0.1, -0.05) is 17.4 Å². The first-order valence-corrected chi connectivity index (χ1v) is 10.8. The summed E-state index contributed by atoms with van der Waals surface area (Å²) in [6.07, 6.45) is 1.74. The molecule has 0 saturated carbocycles. The second-order valence-electron chi connectivity index (χ2n) is 7.36. The van der Waals surface area contributed by atoms with Crippen LogP contribution in [0, 0.1) is 0 Å². The number of aromatic nitrogens is 3. The lowest BCUT2D eigenvalue weighted by molar-refractivity contribution is 0.122. The van der Waals surface area contributed by atoms with Crippen molar-refractivity contribution in [1.29, 1.82) is 0 Å². The van der Waals surface area contributed by atoms with E-state index in [-0.39, 0.29) is 5.56 Å². The van der Waals surface area contributed by atoms with Gasteiger partial charge in [-0.2, -0.15) is 0 Å². The summed E-state index contributed by atoms with van der Waals surface area (Å²) in [7, 11) is 1.75. The fourth-order valence-electron chi connectivity index (χ4n) is 3.69. The van der Waals surface area contributed by atoms with Crippen LogP contribution in [0.2, 0.25) is 0 Å². The number of nitrogen functional groups attached to an aromatic ring is 1. The van der Waals surface area contributed by atoms with Crippen LogP contribution < -0.4 is 21.5 Å². The zero-order valence-electron chi connectivity index (χ0n) is 17.0. The number of thiazole rings is 1. The smallest absolute Gasteiger partial charge is 0.293 e. The minimum atomic E-state index is -0.189. The fourth-order valence-corrected chi connectivity index (χ4v) is 4.37. The summed E-state index contributed by atoms with van der Waals surface area (Å²) in [6.45, 7) is 3.26. The van der Waals surface area contributed by atoms with Crippen LogP contribution in [0.15, 0.2) is 53.5 Å². The minimum absolute atomic E-state index is 0.189. The number of morpholine rings is 1. The van der Waals surface area contributed by atoms with E-state index < -0.39 is 0 Å². The van der Waals surface area contributed by atoms with Gasteiger partial charge in [0, 0.05) is 37.7 Å². The van der Waals surface area contributed by atoms with Crippen molar-refractivity contribution in [3.8, 4) is 10.4 Å². The van der Waals surface area contributed by atoms with Crippen molar-refractivity contribution in [2.75, 3.05) is 42.3 Å². The van der Waals surface area contributed by atoms with E-state index >= 15 is 0 Å². The fraction of sp³-hybridized carbons (Fsp3) is 0.227. The highest BCUT2D eigenvalue weighted by Gasteiger charge is 2.13. The van der Waals surface area contributed by atoms with E-state index in [0.29, 0.717) is 10.9 Å². The molecule has 3 heterocycles. The first-order valence-electron chi connectivity index (χ1n) is 10.0. The lowest BCUT2D eigenvalue weighted by atomic mass is 10.1. The number of anilines is 4. The highest BCUT2D eigenvalue weighted by atomic mass is 32.1. The maximum Gasteiger partial charge on any atom is 0.293 e. The van der Waals surface area contributed by atoms with E-state index in [1.165, 1.54) is 11.3 Å². The standard InChI is InChI=1S/C22H22N6O2S/c1-27-18-12-14(19-13-24-22(23)31-19)2-7-17(18)26-20(21(27)29)25-15-3-5-16(6-4-15)28-8-10-30-11-9-28/h2-7,12-13H,8-11H2,1H3,(H2,23,24)(H,25,26). The van der Waals surface area contributed by atoms with Gasteiger partial charge >= 0.3 is 0 Å². The van der Waals surface area contributed by atoms with Crippen LogP contribution in [0.3, 0.4) is 0 Å². The molecule has 158 valence electrons. The van der Waals surface area contributed by atoms with Crippen LogP contribution in [0.1, 0.15) is 0 Å². The first-order chi connectivity index (χ1) is 15.1. The number of nitrogens with one attached hydrogen (secondary N) is 1. The molecule has 9 heteroatoms. The van der Waals surface area contributed by atoms with E-state index in [1.807, 2.05) is 42.5 Å². The number of nitrogens with zero attached hydrogens (tertiary/aromatic N) is 4. The Morgan fingerprint density at radius 3 is 2.61 bits per heavy atom. The average molecular weight is 435 g/mol. The van der Waals surface area contributed by atoms with Crippen molar-refractivity contribution in [3.05, 3.63) is 59.0 Å². The van der Waals surface area contributed by atoms with Crippen LogP contribution in [0.25, 0.3) is 21.5 Å². The van der Waals surface area contributed by atoms with Crippen molar-refractivity contribution in [3.63, 3.8) is 0 Å². The number of ether oxygens (including phenoxy) is 1. The molecule has 31 heavy (non-hydrogen) atoms. The summed E-state index contributed by atoms with van der Waals surface area (Å²) in [6, 6.07) is 13.8. The summed E-state index contributed by atoms with van der Waals surface area (Å²) >= 11 is 1.41. The van der Waals surface area contributed by atoms with Crippen LogP contribution in [0.4, 0.5) is 22.3 Å². The van der Waals surface area contributed by atoms with Crippen molar-refractivity contribution in [2.45, 2.75) is 0 Å². The molecule has 8 nitrogen and oxygen atoms in total. The Balaban J connectivity index is 1.43. The van der Waals surface area contributed by atoms with Crippen LogP contribution in [-0.4, -0.2) is 40.8 Å². The molecule has 0 amide bonds. The summed E-state index contributed by atoms with van der Waals surface area (Å²) in [5, 5.41) is 3.69. The molecule has 0 bridgehead atoms. The van der Waals surface area contributed by atoms with Gasteiger partial charge in [-0.25, -0.2) is 9.97 Å². The number of benzene rings is 2. The molecule has 0 unspecified atom stereocenters. The summed E-state index contributed by atoms with van der Waals surface area (Å²) in [4.78, 5) is 24.9. The van der Waals surface area contributed by atoms with Gasteiger partial charge in [-0.3, -0.25) is 4.79 Å². The van der Waals surface area contributed by atoms with E-state index in [1.54, 1.807) is 17.8 Å². The third kappa shape index (κ3) is 3.85. The molecule has 1 aliphatic heterocycles. The third-order valence-corrected chi connectivity index (χ3v) is 6.27. The van der Waals surface area contributed by atoms with Gasteiger partial charge in [0.2, 0.25) is 0 Å². The van der Waals surface area contributed by atoms with Crippen LogP contribution >= 0.6 is 11.3 Å². The predicted octanol–water partition coefficient (Wildman–Crippen LogP) is 3.22. The van der Waals surface area contributed by atoms with Crippen molar-refractivity contribution >= 4 is 44.7 Å². The van der Waals surface area contributed by atoms with E-state index in [4.69, 9.17) is 10.5 Å². The highest BCUT2D eigenvalue weighted by Crippen LogP contribution is 2.29. The number of hydrogen-bond donors (Lipinski definition) is 2. The predicted molar refractivity (Wildman–Crippen MR) is 125 cm³/mol. The zero-order valence-corrected chi connectivity index (χ0v) is 17.9. The van der Waals surface area contributed by atoms with E-state index in [9.17, 15) is 4.79 Å². The van der Waals surface area contributed by atoms with Crippen molar-refractivity contribution < 1.29 is 4.74 Å². The SMILES string of the molecule is Cn1c(=O)c(Nc2ccc(N3CCOCC3)cc2)nc2ccc(-c3cnc(N)s3)cc21. The molecule has 1 saturated heterocycles. The molecule has 5 rings (SSSR count). The second kappa shape index (κ2) is 8.01. The largest absolute Gasteiger partial charge is 0.378 e. The molecule has 3 N–H and O–H groups in total. The molecule has 0 atom stereocenters. The number of hydrogen-bond acceptors (Lipinski definition) is 8. The Morgan fingerprint density at radius 2 is 1.90 bits per heavy atom. The maximum absolute atomic E-state index is 12.9. The van der Waals surface area contributed by atoms with Gasteiger partial charge in [0.15, 0.2) is 10.9 Å². The molecule has 0 aliphatic carbocycles. The molecule has 2 aromatic heterocycles. The molecule has 0 spiro atoms. The quantitative estimate of drug-likeness (QED) is 0.509. The Hall–Kier alpha value is -3.43. The summed E-state index contributed by atoms with van der Waals surface area (Å²) in [5.74, 6) is 0.295. The van der Waals surface area contributed by atoms with E-state index in [0.717, 1.165) is 59.2 Å². The number of nitrogens with two attached hydrogens (primary N) is 1. The van der Waals surface area contributed by atoms with Crippen LogP contribution in [-0.2, 0) is 11.8 Å². The van der Waals surface area contributed by atoms with Crippen LogP contribution in [0.5, 0.6) is 0 Å². The average Bonchev–Trinajstić information content (AvgIpc) is 3.24. The lowest BCUT2D eigenvalue weighted by Crippen LogP contribution is -2.36. The Morgan fingerprint density at radius 1 is 1.13 bits per heavy atom. The molecule has 0 radical (unpaired) electrons. The summed E-state index contributed by atoms with van der Waals surface area (Å²) < 4.78 is 7.02. The molecular weight excluding hydrogens is 412 g/mol. The third-order valence-electron chi connectivity index (χ3n) is 5.39. The minimum Gasteiger partial charge on any atom is -0.378 e. The van der Waals surface area contributed by atoms with Crippen molar-refractivity contribution in [1.82, 2.24) is 14.5 Å². The molecule has 2 aromatic carbocycles. The van der Waals surface area contributed by atoms with Gasteiger partial charge in [0.05, 0.1) is 29.1 Å². The first kappa shape index (κ1) is 19.5. The van der Waals surface area contributed by atoms with Gasteiger partial charge in [-0.05, 0) is 42.0 Å². The monoisotopic (exact) mass is 434 g/mol. The molecule has 1 aliphatic rings.